The Kier molecular flexibility index (Phi) is 24.8. The van der Waals surface area contributed by atoms with Crippen molar-refractivity contribution < 1.29 is 33.3 Å². The molecule has 2 heterocycles. The lowest BCUT2D eigenvalue weighted by Gasteiger charge is -2.31. The number of hydrogen-bond acceptors (Lipinski definition) is 9. The van der Waals surface area contributed by atoms with E-state index in [1.54, 1.807) is 0 Å². The van der Waals surface area contributed by atoms with Gasteiger partial charge in [-0.1, -0.05) is 108 Å². The van der Waals surface area contributed by atoms with Crippen LogP contribution in [0.2, 0.25) is 0 Å². The molecule has 0 spiro atoms. The summed E-state index contributed by atoms with van der Waals surface area (Å²) in [6.45, 7) is 15.9. The van der Waals surface area contributed by atoms with Crippen LogP contribution in [0.1, 0.15) is 146 Å². The van der Waals surface area contributed by atoms with Gasteiger partial charge in [-0.05, 0) is 148 Å². The molecule has 346 valence electrons. The minimum absolute atomic E-state index is 0.0376. The number of carbonyl (C=O) groups is 3. The van der Waals surface area contributed by atoms with Crippen LogP contribution in [0.25, 0.3) is 21.5 Å². The molecule has 0 aliphatic carbocycles. The van der Waals surface area contributed by atoms with Gasteiger partial charge in [0.2, 0.25) is 0 Å². The molecule has 0 aromatic heterocycles. The summed E-state index contributed by atoms with van der Waals surface area (Å²) in [6.07, 6.45) is 18.9. The van der Waals surface area contributed by atoms with Gasteiger partial charge in [0.1, 0.15) is 11.5 Å². The van der Waals surface area contributed by atoms with Gasteiger partial charge in [-0.25, -0.2) is 0 Å². The number of benzene rings is 4. The van der Waals surface area contributed by atoms with E-state index in [1.807, 2.05) is 50.2 Å². The summed E-state index contributed by atoms with van der Waals surface area (Å²) in [4.78, 5) is 36.3. The third kappa shape index (κ3) is 19.4. The number of ether oxygens (including phenoxy) is 4. The van der Waals surface area contributed by atoms with E-state index in [0.717, 1.165) is 119 Å². The Morgan fingerprint density at radius 2 is 1.13 bits per heavy atom. The minimum Gasteiger partial charge on any atom is -0.494 e. The van der Waals surface area contributed by atoms with Crippen molar-refractivity contribution in [2.75, 3.05) is 52.6 Å². The Morgan fingerprint density at radius 1 is 0.619 bits per heavy atom. The number of carbonyl (C=O) groups excluding carboxylic acids is 3. The maximum absolute atomic E-state index is 11.7. The van der Waals surface area contributed by atoms with Crippen LogP contribution in [0, 0.1) is 11.8 Å². The molecule has 0 atom stereocenters. The van der Waals surface area contributed by atoms with Crippen LogP contribution in [-0.2, 0) is 25.6 Å². The Morgan fingerprint density at radius 3 is 1.67 bits per heavy atom. The first-order valence-electron chi connectivity index (χ1n) is 24.4. The predicted octanol–water partition coefficient (Wildman–Crippen LogP) is 12.3. The summed E-state index contributed by atoms with van der Waals surface area (Å²) in [5, 5.41) is 7.87. The summed E-state index contributed by atoms with van der Waals surface area (Å²) >= 11 is 0. The molecule has 63 heavy (non-hydrogen) atoms. The van der Waals surface area contributed by atoms with Crippen LogP contribution in [0.15, 0.2) is 72.8 Å². The molecule has 2 aliphatic rings. The quantitative estimate of drug-likeness (QED) is 0.0443. The van der Waals surface area contributed by atoms with Crippen molar-refractivity contribution in [3.8, 4) is 11.5 Å². The standard InChI is InChI=1S/C27H39NO3.C18H22O2.C9H17NO2/c1-3-5-6-7-8-18-31-25-12-13-26-23(20-25)10-9-11-24(26)21-28-16-14-22(15-17-28)19-27(29)30-4-2;1-2-3-4-5-6-12-20-17-10-11-18-15(13-17)8-7-9-16(18)14-19;1-2-12-9(11)7-8-3-5-10-6-4-8/h9-13,20,22H,3-8,14-19,21H2,1-2H3;7-11,13-14H,2-6,12H2,1H3;8,10H,2-7H2,1H3. The second-order valence-corrected chi connectivity index (χ2v) is 17.1. The average Bonchev–Trinajstić information content (AvgIpc) is 3.30. The number of fused-ring (bicyclic) bond motifs is 2. The number of nitrogens with one attached hydrogen (secondary N) is 1. The fourth-order valence-electron chi connectivity index (χ4n) is 8.41. The summed E-state index contributed by atoms with van der Waals surface area (Å²) < 4.78 is 21.8. The molecular formula is C54H78N2O7. The van der Waals surface area contributed by atoms with E-state index in [9.17, 15) is 14.4 Å². The largest absolute Gasteiger partial charge is 0.494 e. The lowest BCUT2D eigenvalue weighted by atomic mass is 9.93. The van der Waals surface area contributed by atoms with Crippen molar-refractivity contribution in [3.05, 3.63) is 83.9 Å². The van der Waals surface area contributed by atoms with Crippen molar-refractivity contribution in [1.29, 1.82) is 0 Å². The second-order valence-electron chi connectivity index (χ2n) is 17.1. The van der Waals surface area contributed by atoms with Gasteiger partial charge in [-0.15, -0.1) is 0 Å². The smallest absolute Gasteiger partial charge is 0.306 e. The van der Waals surface area contributed by atoms with Gasteiger partial charge in [-0.3, -0.25) is 19.3 Å². The topological polar surface area (TPSA) is 103 Å². The van der Waals surface area contributed by atoms with E-state index >= 15 is 0 Å². The maximum Gasteiger partial charge on any atom is 0.306 e. The number of piperidine rings is 2. The van der Waals surface area contributed by atoms with E-state index in [1.165, 1.54) is 67.7 Å². The zero-order chi connectivity index (χ0) is 44.9. The first kappa shape index (κ1) is 51.2. The Bertz CT molecular complexity index is 1900. The van der Waals surface area contributed by atoms with Crippen molar-refractivity contribution in [3.63, 3.8) is 0 Å². The molecule has 0 bridgehead atoms. The molecule has 0 saturated carbocycles. The molecule has 1 N–H and O–H groups in total. The van der Waals surface area contributed by atoms with Crippen LogP contribution in [0.3, 0.4) is 0 Å². The van der Waals surface area contributed by atoms with Crippen molar-refractivity contribution in [1.82, 2.24) is 10.2 Å². The summed E-state index contributed by atoms with van der Waals surface area (Å²) in [5.74, 6) is 2.78. The van der Waals surface area contributed by atoms with Gasteiger partial charge >= 0.3 is 11.9 Å². The number of nitrogens with zero attached hydrogens (tertiary/aromatic N) is 1. The average molecular weight is 867 g/mol. The first-order valence-corrected chi connectivity index (χ1v) is 24.4. The predicted molar refractivity (Wildman–Crippen MR) is 258 cm³/mol. The van der Waals surface area contributed by atoms with E-state index < -0.39 is 0 Å². The molecule has 2 saturated heterocycles. The molecule has 0 radical (unpaired) electrons. The lowest BCUT2D eigenvalue weighted by Crippen LogP contribution is -2.34. The van der Waals surface area contributed by atoms with Crippen LogP contribution in [-0.4, -0.2) is 75.7 Å². The van der Waals surface area contributed by atoms with Gasteiger partial charge in [0.15, 0.2) is 6.29 Å². The molecule has 2 aliphatic heterocycles. The first-order chi connectivity index (χ1) is 30.9. The van der Waals surface area contributed by atoms with Crippen molar-refractivity contribution >= 4 is 39.8 Å². The molecule has 4 aromatic rings. The van der Waals surface area contributed by atoms with E-state index in [0.29, 0.717) is 37.9 Å². The van der Waals surface area contributed by atoms with Gasteiger partial charge in [0, 0.05) is 24.9 Å². The van der Waals surface area contributed by atoms with Crippen LogP contribution in [0.4, 0.5) is 0 Å². The summed E-state index contributed by atoms with van der Waals surface area (Å²) in [6, 6.07) is 24.7. The number of esters is 2. The number of likely N-dealkylation sites (tertiary alicyclic amines) is 1. The van der Waals surface area contributed by atoms with Gasteiger partial charge in [0.05, 0.1) is 26.4 Å². The van der Waals surface area contributed by atoms with E-state index in [4.69, 9.17) is 18.9 Å². The van der Waals surface area contributed by atoms with Crippen LogP contribution in [0.5, 0.6) is 11.5 Å². The number of hydrogen-bond donors (Lipinski definition) is 1. The van der Waals surface area contributed by atoms with Crippen molar-refractivity contribution in [2.24, 2.45) is 11.8 Å². The number of unbranched alkanes of at least 4 members (excludes halogenated alkanes) is 8. The fraction of sp³-hybridized carbons (Fsp3) is 0.574. The third-order valence-corrected chi connectivity index (χ3v) is 12.1. The molecule has 4 aromatic carbocycles. The molecule has 0 unspecified atom stereocenters. The van der Waals surface area contributed by atoms with Crippen LogP contribution >= 0.6 is 0 Å². The summed E-state index contributed by atoms with van der Waals surface area (Å²) in [5.41, 5.74) is 2.10. The van der Waals surface area contributed by atoms with Gasteiger partial charge in [0.25, 0.3) is 0 Å². The SMILES string of the molecule is CCCCCCCOc1ccc2c(C=O)cccc2c1.CCCCCCCOc1ccc2c(CN3CCC(CC(=O)OCC)CC3)cccc2c1.CCOC(=O)CC1CCNCC1. The number of rotatable bonds is 23. The highest BCUT2D eigenvalue weighted by Crippen LogP contribution is 2.28. The molecule has 9 nitrogen and oxygen atoms in total. The van der Waals surface area contributed by atoms with Gasteiger partial charge in [-0.2, -0.15) is 0 Å². The molecule has 9 heteroatoms. The molecule has 6 rings (SSSR count). The fourth-order valence-corrected chi connectivity index (χ4v) is 8.41. The highest BCUT2D eigenvalue weighted by molar-refractivity contribution is 5.98. The molecular weight excluding hydrogens is 789 g/mol. The Labute approximate surface area is 379 Å². The monoisotopic (exact) mass is 867 g/mol. The highest BCUT2D eigenvalue weighted by Gasteiger charge is 2.22. The van der Waals surface area contributed by atoms with E-state index in [2.05, 4.69) is 60.5 Å². The zero-order valence-corrected chi connectivity index (χ0v) is 39.1. The minimum atomic E-state index is -0.0472. The third-order valence-electron chi connectivity index (χ3n) is 12.1. The second kappa shape index (κ2) is 30.6. The Balaban J connectivity index is 0.000000232. The normalized spacial score (nSPS) is 14.5. The van der Waals surface area contributed by atoms with Crippen molar-refractivity contribution in [2.45, 2.75) is 137 Å². The van der Waals surface area contributed by atoms with Crippen LogP contribution < -0.4 is 14.8 Å². The number of aldehydes is 1. The Hall–Kier alpha value is -4.47. The molecule has 0 amide bonds. The molecule has 2 fully saturated rings. The van der Waals surface area contributed by atoms with Gasteiger partial charge < -0.3 is 24.3 Å². The highest BCUT2D eigenvalue weighted by atomic mass is 16.5. The maximum atomic E-state index is 11.7. The van der Waals surface area contributed by atoms with E-state index in [-0.39, 0.29) is 11.9 Å². The summed E-state index contributed by atoms with van der Waals surface area (Å²) in [7, 11) is 0. The zero-order valence-electron chi connectivity index (χ0n) is 39.1. The lowest BCUT2D eigenvalue weighted by molar-refractivity contribution is -0.145.